The highest BCUT2D eigenvalue weighted by molar-refractivity contribution is 8.04. The van der Waals surface area contributed by atoms with Gasteiger partial charge in [-0.3, -0.25) is 19.5 Å². The fraction of sp³-hybridized carbons (Fsp3) is 0.167. The molecule has 6 heteroatoms. The molecule has 1 aromatic heterocycles. The first-order valence-electron chi connectivity index (χ1n) is 7.51. The van der Waals surface area contributed by atoms with Crippen molar-refractivity contribution in [2.45, 2.75) is 13.5 Å². The van der Waals surface area contributed by atoms with Gasteiger partial charge in [0.1, 0.15) is 0 Å². The first kappa shape index (κ1) is 16.7. The number of halogens is 1. The van der Waals surface area contributed by atoms with Crippen molar-refractivity contribution in [1.82, 2.24) is 9.88 Å². The largest absolute Gasteiger partial charge is 0.269 e. The van der Waals surface area contributed by atoms with Crippen LogP contribution in [0.25, 0.3) is 5.57 Å². The van der Waals surface area contributed by atoms with Gasteiger partial charge in [0, 0.05) is 11.2 Å². The average Bonchev–Trinajstić information content (AvgIpc) is 2.82. The molecule has 2 heterocycles. The van der Waals surface area contributed by atoms with Crippen LogP contribution >= 0.6 is 23.4 Å². The van der Waals surface area contributed by atoms with E-state index in [9.17, 15) is 9.59 Å². The van der Waals surface area contributed by atoms with E-state index >= 15 is 0 Å². The molecule has 1 aromatic carbocycles. The van der Waals surface area contributed by atoms with Crippen molar-refractivity contribution in [1.29, 1.82) is 0 Å². The van der Waals surface area contributed by atoms with Crippen LogP contribution in [0.1, 0.15) is 18.2 Å². The number of hydrogen-bond acceptors (Lipinski definition) is 4. The predicted molar refractivity (Wildman–Crippen MR) is 96.3 cm³/mol. The Morgan fingerprint density at radius 1 is 1.08 bits per heavy atom. The van der Waals surface area contributed by atoms with E-state index in [0.717, 1.165) is 0 Å². The number of nitrogens with zero attached hydrogens (tertiary/aromatic N) is 2. The summed E-state index contributed by atoms with van der Waals surface area (Å²) in [6.07, 6.45) is 1.65. The van der Waals surface area contributed by atoms with Crippen molar-refractivity contribution in [3.8, 4) is 0 Å². The lowest BCUT2D eigenvalue weighted by Crippen LogP contribution is -2.31. The topological polar surface area (TPSA) is 50.3 Å². The van der Waals surface area contributed by atoms with Crippen molar-refractivity contribution < 1.29 is 9.59 Å². The van der Waals surface area contributed by atoms with Crippen LogP contribution in [-0.2, 0) is 16.1 Å². The predicted octanol–water partition coefficient (Wildman–Crippen LogP) is 3.77. The molecule has 0 saturated carbocycles. The van der Waals surface area contributed by atoms with Crippen LogP contribution in [-0.4, -0.2) is 27.5 Å². The molecule has 0 radical (unpaired) electrons. The van der Waals surface area contributed by atoms with E-state index in [-0.39, 0.29) is 18.4 Å². The molecule has 24 heavy (non-hydrogen) atoms. The molecule has 0 unspecified atom stereocenters. The minimum atomic E-state index is -0.288. The van der Waals surface area contributed by atoms with Gasteiger partial charge in [0.15, 0.2) is 0 Å². The zero-order valence-electron chi connectivity index (χ0n) is 13.0. The second kappa shape index (κ2) is 7.20. The van der Waals surface area contributed by atoms with E-state index < -0.39 is 0 Å². The van der Waals surface area contributed by atoms with Gasteiger partial charge in [-0.2, -0.15) is 0 Å². The lowest BCUT2D eigenvalue weighted by atomic mass is 10.1. The Morgan fingerprint density at radius 3 is 2.46 bits per heavy atom. The number of carbonyl (C=O) groups is 2. The molecule has 3 rings (SSSR count). The zero-order chi connectivity index (χ0) is 17.1. The standard InChI is InChI=1S/C18H15ClN2O2S/c1-2-24-16-15(12-6-8-13(19)9-7-12)17(22)21(18(16)23)11-14-5-3-4-10-20-14/h3-10H,2,11H2,1H3. The second-order valence-corrected chi connectivity index (χ2v) is 6.87. The molecule has 0 aliphatic carbocycles. The Morgan fingerprint density at radius 2 is 1.83 bits per heavy atom. The summed E-state index contributed by atoms with van der Waals surface area (Å²) in [6.45, 7) is 2.12. The van der Waals surface area contributed by atoms with Crippen LogP contribution in [0, 0.1) is 0 Å². The third-order valence-electron chi connectivity index (χ3n) is 3.59. The van der Waals surface area contributed by atoms with E-state index in [0.29, 0.717) is 32.5 Å². The number of amides is 2. The van der Waals surface area contributed by atoms with Crippen molar-refractivity contribution in [2.24, 2.45) is 0 Å². The zero-order valence-corrected chi connectivity index (χ0v) is 14.6. The van der Waals surface area contributed by atoms with Gasteiger partial charge in [0.05, 0.1) is 22.7 Å². The van der Waals surface area contributed by atoms with Crippen LogP contribution in [0.2, 0.25) is 5.02 Å². The quantitative estimate of drug-likeness (QED) is 0.763. The molecule has 1 aliphatic heterocycles. The van der Waals surface area contributed by atoms with Crippen LogP contribution in [0.5, 0.6) is 0 Å². The van der Waals surface area contributed by atoms with Gasteiger partial charge in [-0.1, -0.05) is 36.7 Å². The third kappa shape index (κ3) is 3.23. The Balaban J connectivity index is 1.97. The second-order valence-electron chi connectivity index (χ2n) is 5.16. The molecule has 0 bridgehead atoms. The van der Waals surface area contributed by atoms with E-state index in [2.05, 4.69) is 4.98 Å². The normalized spacial score (nSPS) is 14.7. The summed E-state index contributed by atoms with van der Waals surface area (Å²) in [5.41, 5.74) is 1.83. The molecule has 0 N–H and O–H groups in total. The number of carbonyl (C=O) groups excluding carboxylic acids is 2. The Hall–Kier alpha value is -2.11. The number of aromatic nitrogens is 1. The smallest absolute Gasteiger partial charge is 0.268 e. The molecule has 0 atom stereocenters. The number of thioether (sulfide) groups is 1. The van der Waals surface area contributed by atoms with Crippen LogP contribution in [0.4, 0.5) is 0 Å². The molecule has 0 spiro atoms. The lowest BCUT2D eigenvalue weighted by molar-refractivity contribution is -0.137. The summed E-state index contributed by atoms with van der Waals surface area (Å²) >= 11 is 7.31. The number of imide groups is 1. The molecular formula is C18H15ClN2O2S. The van der Waals surface area contributed by atoms with Crippen LogP contribution in [0.3, 0.4) is 0 Å². The van der Waals surface area contributed by atoms with Gasteiger partial charge in [-0.15, -0.1) is 11.8 Å². The molecular weight excluding hydrogens is 344 g/mol. The summed E-state index contributed by atoms with van der Waals surface area (Å²) in [5.74, 6) is 0.162. The van der Waals surface area contributed by atoms with Gasteiger partial charge in [-0.05, 0) is 35.6 Å². The molecule has 2 amide bonds. The van der Waals surface area contributed by atoms with Gasteiger partial charge in [0.2, 0.25) is 0 Å². The summed E-state index contributed by atoms with van der Waals surface area (Å²) in [7, 11) is 0. The van der Waals surface area contributed by atoms with Gasteiger partial charge >= 0.3 is 0 Å². The maximum absolute atomic E-state index is 12.9. The molecule has 1 aliphatic rings. The first-order valence-corrected chi connectivity index (χ1v) is 8.87. The molecule has 4 nitrogen and oxygen atoms in total. The molecule has 0 saturated heterocycles. The highest BCUT2D eigenvalue weighted by Gasteiger charge is 2.39. The minimum absolute atomic E-state index is 0.170. The third-order valence-corrected chi connectivity index (χ3v) is 4.80. The molecule has 122 valence electrons. The van der Waals surface area contributed by atoms with Gasteiger partial charge in [0.25, 0.3) is 11.8 Å². The summed E-state index contributed by atoms with van der Waals surface area (Å²) in [5, 5.41) is 0.589. The summed E-state index contributed by atoms with van der Waals surface area (Å²) in [6, 6.07) is 12.4. The fourth-order valence-corrected chi connectivity index (χ4v) is 3.50. The summed E-state index contributed by atoms with van der Waals surface area (Å²) in [4.78, 5) is 31.5. The van der Waals surface area contributed by atoms with Crippen molar-refractivity contribution in [2.75, 3.05) is 5.75 Å². The Kier molecular flexibility index (Phi) is 5.02. The van der Waals surface area contributed by atoms with E-state index in [1.807, 2.05) is 13.0 Å². The van der Waals surface area contributed by atoms with Crippen molar-refractivity contribution in [3.63, 3.8) is 0 Å². The van der Waals surface area contributed by atoms with E-state index in [4.69, 9.17) is 11.6 Å². The van der Waals surface area contributed by atoms with E-state index in [1.165, 1.54) is 16.7 Å². The lowest BCUT2D eigenvalue weighted by Gasteiger charge is -2.14. The Labute approximate surface area is 149 Å². The van der Waals surface area contributed by atoms with Crippen LogP contribution < -0.4 is 0 Å². The van der Waals surface area contributed by atoms with Crippen molar-refractivity contribution >= 4 is 40.8 Å². The first-order chi connectivity index (χ1) is 11.6. The summed E-state index contributed by atoms with van der Waals surface area (Å²) < 4.78 is 0. The number of benzene rings is 1. The molecule has 2 aromatic rings. The van der Waals surface area contributed by atoms with Gasteiger partial charge < -0.3 is 0 Å². The van der Waals surface area contributed by atoms with E-state index in [1.54, 1.807) is 42.6 Å². The monoisotopic (exact) mass is 358 g/mol. The number of pyridine rings is 1. The van der Waals surface area contributed by atoms with Crippen molar-refractivity contribution in [3.05, 3.63) is 69.8 Å². The maximum atomic E-state index is 12.9. The highest BCUT2D eigenvalue weighted by Crippen LogP contribution is 2.36. The average molecular weight is 359 g/mol. The fourth-order valence-electron chi connectivity index (χ4n) is 2.50. The number of hydrogen-bond donors (Lipinski definition) is 0. The van der Waals surface area contributed by atoms with Gasteiger partial charge in [-0.25, -0.2) is 0 Å². The molecule has 0 fully saturated rings. The highest BCUT2D eigenvalue weighted by atomic mass is 35.5. The number of rotatable bonds is 5. The van der Waals surface area contributed by atoms with Crippen LogP contribution in [0.15, 0.2) is 53.6 Å². The minimum Gasteiger partial charge on any atom is -0.269 e. The Bertz CT molecular complexity index is 804. The SMILES string of the molecule is CCSC1=C(c2ccc(Cl)cc2)C(=O)N(Cc2ccccn2)C1=O. The maximum Gasteiger partial charge on any atom is 0.268 e.